The van der Waals surface area contributed by atoms with Gasteiger partial charge in [0.2, 0.25) is 11.8 Å². The highest BCUT2D eigenvalue weighted by Gasteiger charge is 2.29. The summed E-state index contributed by atoms with van der Waals surface area (Å²) < 4.78 is 5.90. The Kier molecular flexibility index (Phi) is 5.03. The maximum atomic E-state index is 12.6. The lowest BCUT2D eigenvalue weighted by Gasteiger charge is -2.26. The second kappa shape index (κ2) is 7.38. The van der Waals surface area contributed by atoms with Crippen LogP contribution in [0, 0.1) is 12.8 Å². The summed E-state index contributed by atoms with van der Waals surface area (Å²) in [5.74, 6) is 0.729. The fourth-order valence-electron chi connectivity index (χ4n) is 2.95. The summed E-state index contributed by atoms with van der Waals surface area (Å²) in [5, 5.41) is 5.74. The van der Waals surface area contributed by atoms with Gasteiger partial charge in [0.15, 0.2) is 5.75 Å². The number of piperidine rings is 1. The highest BCUT2D eigenvalue weighted by atomic mass is 16.5. The molecule has 0 bridgehead atoms. The van der Waals surface area contributed by atoms with Gasteiger partial charge in [-0.1, -0.05) is 29.8 Å². The van der Waals surface area contributed by atoms with Crippen LogP contribution >= 0.6 is 0 Å². The smallest absolute Gasteiger partial charge is 0.228 e. The largest absolute Gasteiger partial charge is 0.455 e. The van der Waals surface area contributed by atoms with Crippen molar-refractivity contribution in [2.75, 3.05) is 5.32 Å². The molecule has 2 N–H and O–H groups in total. The summed E-state index contributed by atoms with van der Waals surface area (Å²) in [5.41, 5.74) is 1.75. The Balaban J connectivity index is 1.73. The van der Waals surface area contributed by atoms with Crippen molar-refractivity contribution in [1.29, 1.82) is 0 Å². The van der Waals surface area contributed by atoms with Gasteiger partial charge in [0.25, 0.3) is 0 Å². The van der Waals surface area contributed by atoms with Gasteiger partial charge in [0, 0.05) is 18.4 Å². The molecule has 3 rings (SSSR count). The summed E-state index contributed by atoms with van der Waals surface area (Å²) in [7, 11) is 0. The molecule has 1 aliphatic rings. The summed E-state index contributed by atoms with van der Waals surface area (Å²) in [6.07, 6.45) is 0.857. The number of para-hydroxylation sites is 2. The molecular formula is C20H22N2O3. The van der Waals surface area contributed by atoms with Gasteiger partial charge in [-0.15, -0.1) is 0 Å². The predicted octanol–water partition coefficient (Wildman–Crippen LogP) is 3.64. The zero-order chi connectivity index (χ0) is 17.8. The van der Waals surface area contributed by atoms with Crippen molar-refractivity contribution in [2.45, 2.75) is 32.7 Å². The summed E-state index contributed by atoms with van der Waals surface area (Å²) in [6.45, 7) is 3.92. The lowest BCUT2D eigenvalue weighted by Crippen LogP contribution is -2.44. The van der Waals surface area contributed by atoms with E-state index in [9.17, 15) is 9.59 Å². The Morgan fingerprint density at radius 2 is 1.88 bits per heavy atom. The molecule has 2 aromatic carbocycles. The molecule has 0 spiro atoms. The summed E-state index contributed by atoms with van der Waals surface area (Å²) in [4.78, 5) is 24.2. The van der Waals surface area contributed by atoms with Gasteiger partial charge in [-0.3, -0.25) is 9.59 Å². The molecule has 1 heterocycles. The van der Waals surface area contributed by atoms with Crippen LogP contribution in [-0.2, 0) is 9.59 Å². The number of carbonyl (C=O) groups excluding carboxylic acids is 2. The Labute approximate surface area is 147 Å². The molecule has 1 aliphatic heterocycles. The number of aryl methyl sites for hydroxylation is 1. The molecule has 5 heteroatoms. The van der Waals surface area contributed by atoms with Gasteiger partial charge in [-0.2, -0.15) is 0 Å². The minimum absolute atomic E-state index is 0.0102. The maximum absolute atomic E-state index is 12.6. The Bertz CT molecular complexity index is 771. The van der Waals surface area contributed by atoms with Crippen LogP contribution in [0.3, 0.4) is 0 Å². The monoisotopic (exact) mass is 338 g/mol. The minimum Gasteiger partial charge on any atom is -0.455 e. The highest BCUT2D eigenvalue weighted by Crippen LogP contribution is 2.30. The third kappa shape index (κ3) is 4.38. The van der Waals surface area contributed by atoms with E-state index in [0.717, 1.165) is 5.56 Å². The molecule has 130 valence electrons. The number of carbonyl (C=O) groups is 2. The first-order valence-corrected chi connectivity index (χ1v) is 8.45. The van der Waals surface area contributed by atoms with Gasteiger partial charge in [-0.25, -0.2) is 0 Å². The average Bonchev–Trinajstić information content (AvgIpc) is 2.58. The summed E-state index contributed by atoms with van der Waals surface area (Å²) in [6, 6.07) is 15.0. The quantitative estimate of drug-likeness (QED) is 0.894. The standard InChI is InChI=1S/C20H22N2O3/c1-13-7-9-16(10-8-13)25-18-6-4-3-5-17(18)22-20(24)15-11-14(2)21-19(23)12-15/h3-10,14-15H,11-12H2,1-2H3,(H,21,23)(H,22,24)/t14-,15+/m1/s1. The van der Waals surface area contributed by atoms with E-state index < -0.39 is 0 Å². The highest BCUT2D eigenvalue weighted by molar-refractivity contribution is 5.97. The van der Waals surface area contributed by atoms with E-state index in [0.29, 0.717) is 23.6 Å². The maximum Gasteiger partial charge on any atom is 0.228 e. The van der Waals surface area contributed by atoms with E-state index in [-0.39, 0.29) is 30.2 Å². The third-order valence-electron chi connectivity index (χ3n) is 4.24. The number of rotatable bonds is 4. The topological polar surface area (TPSA) is 67.4 Å². The molecule has 2 aromatic rings. The minimum atomic E-state index is -0.323. The first-order chi connectivity index (χ1) is 12.0. The number of hydrogen-bond donors (Lipinski definition) is 2. The first kappa shape index (κ1) is 17.0. The molecule has 0 saturated carbocycles. The molecule has 0 radical (unpaired) electrons. The Morgan fingerprint density at radius 1 is 1.16 bits per heavy atom. The number of anilines is 1. The normalized spacial score (nSPS) is 19.8. The molecule has 1 fully saturated rings. The van der Waals surface area contributed by atoms with Gasteiger partial charge >= 0.3 is 0 Å². The van der Waals surface area contributed by atoms with Crippen LogP contribution < -0.4 is 15.4 Å². The number of ether oxygens (including phenoxy) is 1. The Morgan fingerprint density at radius 3 is 2.60 bits per heavy atom. The lowest BCUT2D eigenvalue weighted by atomic mass is 9.92. The SMILES string of the molecule is Cc1ccc(Oc2ccccc2NC(=O)[C@@H]2CC(=O)N[C@H](C)C2)cc1. The average molecular weight is 338 g/mol. The first-order valence-electron chi connectivity index (χ1n) is 8.45. The lowest BCUT2D eigenvalue weighted by molar-refractivity contribution is -0.130. The molecule has 5 nitrogen and oxygen atoms in total. The molecule has 0 aromatic heterocycles. The molecule has 0 aliphatic carbocycles. The molecular weight excluding hydrogens is 316 g/mol. The number of amides is 2. The number of nitrogens with one attached hydrogen (secondary N) is 2. The van der Waals surface area contributed by atoms with Crippen LogP contribution in [-0.4, -0.2) is 17.9 Å². The van der Waals surface area contributed by atoms with E-state index in [2.05, 4.69) is 10.6 Å². The third-order valence-corrected chi connectivity index (χ3v) is 4.24. The van der Waals surface area contributed by atoms with Crippen molar-refractivity contribution in [3.63, 3.8) is 0 Å². The van der Waals surface area contributed by atoms with Crippen LogP contribution in [0.25, 0.3) is 0 Å². The van der Waals surface area contributed by atoms with Crippen molar-refractivity contribution >= 4 is 17.5 Å². The van der Waals surface area contributed by atoms with Crippen molar-refractivity contribution in [3.05, 3.63) is 54.1 Å². The fourth-order valence-corrected chi connectivity index (χ4v) is 2.95. The zero-order valence-electron chi connectivity index (χ0n) is 14.4. The summed E-state index contributed by atoms with van der Waals surface area (Å²) >= 11 is 0. The van der Waals surface area contributed by atoms with Crippen LogP contribution in [0.5, 0.6) is 11.5 Å². The van der Waals surface area contributed by atoms with E-state index in [1.54, 1.807) is 6.07 Å². The molecule has 2 atom stereocenters. The zero-order valence-corrected chi connectivity index (χ0v) is 14.4. The fraction of sp³-hybridized carbons (Fsp3) is 0.300. The molecule has 25 heavy (non-hydrogen) atoms. The van der Waals surface area contributed by atoms with Crippen LogP contribution in [0.15, 0.2) is 48.5 Å². The van der Waals surface area contributed by atoms with Gasteiger partial charge < -0.3 is 15.4 Å². The van der Waals surface area contributed by atoms with Gasteiger partial charge in [0.1, 0.15) is 5.75 Å². The van der Waals surface area contributed by atoms with Crippen molar-refractivity contribution in [2.24, 2.45) is 5.92 Å². The van der Waals surface area contributed by atoms with Gasteiger partial charge in [-0.05, 0) is 44.5 Å². The second-order valence-corrected chi connectivity index (χ2v) is 6.51. The van der Waals surface area contributed by atoms with Crippen LogP contribution in [0.1, 0.15) is 25.3 Å². The number of hydrogen-bond acceptors (Lipinski definition) is 3. The van der Waals surface area contributed by atoms with E-state index >= 15 is 0 Å². The number of benzene rings is 2. The molecule has 0 unspecified atom stereocenters. The van der Waals surface area contributed by atoms with Crippen LogP contribution in [0.4, 0.5) is 5.69 Å². The second-order valence-electron chi connectivity index (χ2n) is 6.51. The van der Waals surface area contributed by atoms with E-state index in [1.807, 2.05) is 56.3 Å². The van der Waals surface area contributed by atoms with Crippen molar-refractivity contribution in [1.82, 2.24) is 5.32 Å². The Hall–Kier alpha value is -2.82. The van der Waals surface area contributed by atoms with E-state index in [4.69, 9.17) is 4.74 Å². The van der Waals surface area contributed by atoms with Crippen molar-refractivity contribution in [3.8, 4) is 11.5 Å². The molecule has 1 saturated heterocycles. The van der Waals surface area contributed by atoms with Gasteiger partial charge in [0.05, 0.1) is 5.69 Å². The van der Waals surface area contributed by atoms with Crippen molar-refractivity contribution < 1.29 is 14.3 Å². The van der Waals surface area contributed by atoms with Crippen LogP contribution in [0.2, 0.25) is 0 Å². The molecule has 2 amide bonds. The predicted molar refractivity (Wildman–Crippen MR) is 96.7 cm³/mol. The van der Waals surface area contributed by atoms with E-state index in [1.165, 1.54) is 0 Å².